The van der Waals surface area contributed by atoms with Crippen molar-refractivity contribution in [2.75, 3.05) is 0 Å². The van der Waals surface area contributed by atoms with Crippen LogP contribution in [-0.4, -0.2) is 0 Å². The molecule has 0 amide bonds. The van der Waals surface area contributed by atoms with Crippen LogP contribution in [0.3, 0.4) is 0 Å². The average Bonchev–Trinajstić information content (AvgIpc) is 3.68. The van der Waals surface area contributed by atoms with Gasteiger partial charge in [0.2, 0.25) is 0 Å². The molecule has 2 aliphatic rings. The van der Waals surface area contributed by atoms with Crippen molar-refractivity contribution in [2.45, 2.75) is 76.5 Å². The standard InChI is InChI=1S/C54H50/c1-35-31-38-32-37(44-24-16-18-36-17-14-15-23-43(36)44)25-28-45(38)50(35)54(39-19-10-8-11-20-39,40-21-12-9-13-22-40)51-48-33-41(52(2,3)4)26-29-46(48)47-30-27-42(34-49(47)51)53(5,6)7/h8-34,50-51H,1-7H3. The Bertz CT molecular complexity index is 2460. The maximum atomic E-state index is 2.57. The van der Waals surface area contributed by atoms with Crippen LogP contribution >= 0.6 is 0 Å². The van der Waals surface area contributed by atoms with Crippen LogP contribution in [0.15, 0.2) is 163 Å². The molecule has 0 nitrogen and oxygen atoms in total. The van der Waals surface area contributed by atoms with Gasteiger partial charge in [-0.15, -0.1) is 0 Å². The zero-order valence-corrected chi connectivity index (χ0v) is 32.7. The van der Waals surface area contributed by atoms with Crippen molar-refractivity contribution < 1.29 is 0 Å². The molecule has 0 heterocycles. The van der Waals surface area contributed by atoms with Crippen LogP contribution < -0.4 is 0 Å². The van der Waals surface area contributed by atoms with Gasteiger partial charge in [-0.3, -0.25) is 0 Å². The zero-order valence-electron chi connectivity index (χ0n) is 32.7. The fraction of sp³-hybridized carbons (Fsp3) is 0.222. The minimum Gasteiger partial charge on any atom is -0.0639 e. The van der Waals surface area contributed by atoms with Gasteiger partial charge in [0.1, 0.15) is 0 Å². The molecule has 1 atom stereocenters. The molecule has 7 aromatic rings. The molecular weight excluding hydrogens is 649 g/mol. The Morgan fingerprint density at radius 3 is 1.52 bits per heavy atom. The summed E-state index contributed by atoms with van der Waals surface area (Å²) in [7, 11) is 0. The first-order valence-corrected chi connectivity index (χ1v) is 19.7. The lowest BCUT2D eigenvalue weighted by molar-refractivity contribution is 0.404. The van der Waals surface area contributed by atoms with E-state index in [1.54, 1.807) is 0 Å². The number of benzene rings is 7. The Balaban J connectivity index is 1.37. The van der Waals surface area contributed by atoms with Gasteiger partial charge in [0.25, 0.3) is 0 Å². The molecule has 0 N–H and O–H groups in total. The number of fused-ring (bicyclic) bond motifs is 5. The summed E-state index contributed by atoms with van der Waals surface area (Å²) < 4.78 is 0. The van der Waals surface area contributed by atoms with Crippen molar-refractivity contribution in [3.05, 3.63) is 208 Å². The Hall–Kier alpha value is -5.46. The quantitative estimate of drug-likeness (QED) is 0.168. The molecule has 0 heteroatoms. The summed E-state index contributed by atoms with van der Waals surface area (Å²) in [5.74, 6) is 0.160. The van der Waals surface area contributed by atoms with Gasteiger partial charge in [-0.1, -0.05) is 205 Å². The van der Waals surface area contributed by atoms with Gasteiger partial charge >= 0.3 is 0 Å². The molecule has 9 rings (SSSR count). The van der Waals surface area contributed by atoms with Crippen molar-refractivity contribution in [1.29, 1.82) is 0 Å². The summed E-state index contributed by atoms with van der Waals surface area (Å²) in [5, 5.41) is 2.57. The summed E-state index contributed by atoms with van der Waals surface area (Å²) in [4.78, 5) is 0. The molecule has 1 unspecified atom stereocenters. The van der Waals surface area contributed by atoms with E-state index in [4.69, 9.17) is 0 Å². The third-order valence-corrected chi connectivity index (χ3v) is 12.5. The monoisotopic (exact) mass is 698 g/mol. The normalized spacial score (nSPS) is 15.5. The highest BCUT2D eigenvalue weighted by Crippen LogP contribution is 2.65. The molecular formula is C54H50. The van der Waals surface area contributed by atoms with Gasteiger partial charge in [0, 0.05) is 17.3 Å². The largest absolute Gasteiger partial charge is 0.0639 e. The molecule has 2 aliphatic carbocycles. The van der Waals surface area contributed by atoms with Crippen molar-refractivity contribution in [1.82, 2.24) is 0 Å². The molecule has 0 aromatic heterocycles. The first kappa shape index (κ1) is 34.3. The summed E-state index contributed by atoms with van der Waals surface area (Å²) in [6.07, 6.45) is 2.49. The minimum absolute atomic E-state index is 0.0147. The van der Waals surface area contributed by atoms with Gasteiger partial charge in [-0.05, 0) is 101 Å². The highest BCUT2D eigenvalue weighted by atomic mass is 14.6. The molecule has 54 heavy (non-hydrogen) atoms. The van der Waals surface area contributed by atoms with Crippen LogP contribution in [0.25, 0.3) is 39.1 Å². The van der Waals surface area contributed by atoms with Crippen LogP contribution in [0.5, 0.6) is 0 Å². The summed E-state index contributed by atoms with van der Waals surface area (Å²) >= 11 is 0. The first-order chi connectivity index (χ1) is 26.0. The molecule has 7 aromatic carbocycles. The van der Waals surface area contributed by atoms with Crippen molar-refractivity contribution in [3.63, 3.8) is 0 Å². The molecule has 0 spiro atoms. The topological polar surface area (TPSA) is 0 Å². The lowest BCUT2D eigenvalue weighted by Gasteiger charge is -2.47. The van der Waals surface area contributed by atoms with Crippen molar-refractivity contribution in [3.8, 4) is 22.3 Å². The Morgan fingerprint density at radius 2 is 0.944 bits per heavy atom. The molecule has 0 bridgehead atoms. The third kappa shape index (κ3) is 5.33. The summed E-state index contributed by atoms with van der Waals surface area (Å²) in [6.45, 7) is 16.5. The van der Waals surface area contributed by atoms with E-state index in [1.807, 2.05) is 0 Å². The maximum absolute atomic E-state index is 2.57. The fourth-order valence-electron chi connectivity index (χ4n) is 9.90. The molecule has 0 radical (unpaired) electrons. The van der Waals surface area contributed by atoms with E-state index in [-0.39, 0.29) is 22.7 Å². The van der Waals surface area contributed by atoms with E-state index in [9.17, 15) is 0 Å². The van der Waals surface area contributed by atoms with Crippen molar-refractivity contribution >= 4 is 16.8 Å². The summed E-state index contributed by atoms with van der Waals surface area (Å²) in [5.41, 5.74) is 17.3. The number of rotatable bonds is 5. The zero-order chi connectivity index (χ0) is 37.4. The Labute approximate surface area is 322 Å². The number of allylic oxidation sites excluding steroid dienone is 1. The molecule has 0 saturated heterocycles. The van der Waals surface area contributed by atoms with Crippen molar-refractivity contribution in [2.24, 2.45) is 0 Å². The van der Waals surface area contributed by atoms with E-state index in [0.717, 1.165) is 0 Å². The second kappa shape index (κ2) is 12.6. The van der Waals surface area contributed by atoms with Crippen LogP contribution in [-0.2, 0) is 16.2 Å². The first-order valence-electron chi connectivity index (χ1n) is 19.7. The van der Waals surface area contributed by atoms with Crippen LogP contribution in [0.1, 0.15) is 105 Å². The molecule has 0 aliphatic heterocycles. The van der Waals surface area contributed by atoms with Gasteiger partial charge in [0.05, 0.1) is 0 Å². The van der Waals surface area contributed by atoms with Crippen LogP contribution in [0.2, 0.25) is 0 Å². The molecule has 0 fully saturated rings. The van der Waals surface area contributed by atoms with Gasteiger partial charge in [-0.2, -0.15) is 0 Å². The number of hydrogen-bond acceptors (Lipinski definition) is 0. The SMILES string of the molecule is CC1=Cc2cc(-c3cccc4ccccc34)ccc2C1C(c1ccccc1)(c1ccccc1)C1c2cc(C(C)(C)C)ccc2-c2ccc(C(C)(C)C)cc21. The predicted octanol–water partition coefficient (Wildman–Crippen LogP) is 14.4. The van der Waals surface area contributed by atoms with E-state index in [1.165, 1.54) is 83.1 Å². The van der Waals surface area contributed by atoms with Gasteiger partial charge < -0.3 is 0 Å². The van der Waals surface area contributed by atoms with Gasteiger partial charge in [-0.25, -0.2) is 0 Å². The second-order valence-electron chi connectivity index (χ2n) is 17.8. The van der Waals surface area contributed by atoms with Crippen LogP contribution in [0.4, 0.5) is 0 Å². The minimum atomic E-state index is -0.456. The Kier molecular flexibility index (Phi) is 7.98. The van der Waals surface area contributed by atoms with Gasteiger partial charge in [0.15, 0.2) is 0 Å². The molecule has 266 valence electrons. The lowest BCUT2D eigenvalue weighted by atomic mass is 9.54. The van der Waals surface area contributed by atoms with E-state index >= 15 is 0 Å². The second-order valence-corrected chi connectivity index (χ2v) is 17.8. The number of hydrogen-bond donors (Lipinski definition) is 0. The fourth-order valence-corrected chi connectivity index (χ4v) is 9.90. The highest BCUT2D eigenvalue weighted by Gasteiger charge is 2.55. The van der Waals surface area contributed by atoms with E-state index in [2.05, 4.69) is 212 Å². The third-order valence-electron chi connectivity index (χ3n) is 12.5. The maximum Gasteiger partial charge on any atom is 0.0418 e. The van der Waals surface area contributed by atoms with Crippen LogP contribution in [0, 0.1) is 0 Å². The smallest absolute Gasteiger partial charge is 0.0418 e. The summed E-state index contributed by atoms with van der Waals surface area (Å²) in [6, 6.07) is 60.4. The van der Waals surface area contributed by atoms with E-state index in [0.29, 0.717) is 0 Å². The lowest BCUT2D eigenvalue weighted by Crippen LogP contribution is -2.41. The highest BCUT2D eigenvalue weighted by molar-refractivity contribution is 5.97. The van der Waals surface area contributed by atoms with E-state index < -0.39 is 5.41 Å². The Morgan fingerprint density at radius 1 is 0.407 bits per heavy atom. The average molecular weight is 699 g/mol. The molecule has 0 saturated carbocycles. The predicted molar refractivity (Wildman–Crippen MR) is 231 cm³/mol.